The highest BCUT2D eigenvalue weighted by Gasteiger charge is 2.33. The quantitative estimate of drug-likeness (QED) is 0.313. The highest BCUT2D eigenvalue weighted by Crippen LogP contribution is 2.27. The third-order valence-corrected chi connectivity index (χ3v) is 6.92. The van der Waals surface area contributed by atoms with Crippen LogP contribution >= 0.6 is 0 Å². The Labute approximate surface area is 238 Å². The molecule has 0 radical (unpaired) electrons. The maximum absolute atomic E-state index is 13.2. The number of amides is 2. The van der Waals surface area contributed by atoms with Crippen molar-refractivity contribution in [3.63, 3.8) is 0 Å². The topological polar surface area (TPSA) is 128 Å². The molecule has 41 heavy (non-hydrogen) atoms. The van der Waals surface area contributed by atoms with Crippen LogP contribution in [0.25, 0.3) is 5.95 Å². The van der Waals surface area contributed by atoms with Gasteiger partial charge in [-0.1, -0.05) is 12.1 Å². The summed E-state index contributed by atoms with van der Waals surface area (Å²) in [6.07, 6.45) is 9.16. The maximum Gasteiger partial charge on any atom is 0.272 e. The van der Waals surface area contributed by atoms with E-state index in [1.54, 1.807) is 73.0 Å². The van der Waals surface area contributed by atoms with E-state index in [9.17, 15) is 9.59 Å². The first-order valence-electron chi connectivity index (χ1n) is 13.3. The number of hydrogen-bond donors (Lipinski definition) is 1. The Balaban J connectivity index is 1.29. The monoisotopic (exact) mass is 556 g/mol. The lowest BCUT2D eigenvalue weighted by atomic mass is 10.1. The number of nitrogens with one attached hydrogen (secondary N) is 1. The molecule has 12 heteroatoms. The van der Waals surface area contributed by atoms with Crippen molar-refractivity contribution in [3.8, 4) is 17.4 Å². The summed E-state index contributed by atoms with van der Waals surface area (Å²) in [5, 5.41) is 3.03. The number of benzene rings is 1. The zero-order valence-corrected chi connectivity index (χ0v) is 23.0. The molecule has 1 aromatic carbocycles. The summed E-state index contributed by atoms with van der Waals surface area (Å²) in [4.78, 5) is 47.5. The van der Waals surface area contributed by atoms with E-state index >= 15 is 0 Å². The highest BCUT2D eigenvalue weighted by atomic mass is 16.5. The van der Waals surface area contributed by atoms with Gasteiger partial charge in [0.1, 0.15) is 17.8 Å². The van der Waals surface area contributed by atoms with Crippen LogP contribution < -0.4 is 19.7 Å². The second-order valence-electron chi connectivity index (χ2n) is 9.49. The summed E-state index contributed by atoms with van der Waals surface area (Å²) in [7, 11) is 3.19. The van der Waals surface area contributed by atoms with Crippen LogP contribution in [-0.4, -0.2) is 87.7 Å². The summed E-state index contributed by atoms with van der Waals surface area (Å²) >= 11 is 0. The van der Waals surface area contributed by atoms with Gasteiger partial charge >= 0.3 is 0 Å². The van der Waals surface area contributed by atoms with Gasteiger partial charge in [0.15, 0.2) is 11.5 Å². The van der Waals surface area contributed by atoms with E-state index in [0.717, 1.165) is 5.56 Å². The predicted octanol–water partition coefficient (Wildman–Crippen LogP) is 2.15. The van der Waals surface area contributed by atoms with E-state index in [-0.39, 0.29) is 24.3 Å². The van der Waals surface area contributed by atoms with Crippen molar-refractivity contribution < 1.29 is 19.1 Å². The number of rotatable bonds is 10. The van der Waals surface area contributed by atoms with Crippen LogP contribution in [0.5, 0.6) is 11.5 Å². The molecule has 0 saturated carbocycles. The Morgan fingerprint density at radius 1 is 1.00 bits per heavy atom. The van der Waals surface area contributed by atoms with Crippen molar-refractivity contribution in [1.82, 2.24) is 34.7 Å². The molecule has 4 aromatic rings. The Morgan fingerprint density at radius 3 is 2.63 bits per heavy atom. The normalized spacial score (nSPS) is 14.9. The molecule has 1 aliphatic rings. The molecule has 1 saturated heterocycles. The van der Waals surface area contributed by atoms with E-state index in [1.807, 2.05) is 24.3 Å². The minimum absolute atomic E-state index is 0.114. The smallest absolute Gasteiger partial charge is 0.272 e. The minimum atomic E-state index is -0.303. The largest absolute Gasteiger partial charge is 0.493 e. The lowest BCUT2D eigenvalue weighted by Gasteiger charge is -2.41. The van der Waals surface area contributed by atoms with E-state index in [1.165, 1.54) is 0 Å². The molecule has 3 aromatic heterocycles. The van der Waals surface area contributed by atoms with E-state index in [4.69, 9.17) is 14.5 Å². The number of methoxy groups -OCH3 is 2. The molecule has 1 aliphatic heterocycles. The number of carbonyl (C=O) groups is 2. The first-order chi connectivity index (χ1) is 20.1. The van der Waals surface area contributed by atoms with Crippen LogP contribution in [0.2, 0.25) is 0 Å². The number of imidazole rings is 1. The van der Waals surface area contributed by atoms with Crippen molar-refractivity contribution in [2.24, 2.45) is 0 Å². The van der Waals surface area contributed by atoms with Gasteiger partial charge in [0, 0.05) is 57.4 Å². The summed E-state index contributed by atoms with van der Waals surface area (Å²) in [6, 6.07) is 12.5. The fourth-order valence-electron chi connectivity index (χ4n) is 4.84. The van der Waals surface area contributed by atoms with Gasteiger partial charge in [0.05, 0.1) is 20.3 Å². The van der Waals surface area contributed by atoms with Gasteiger partial charge in [0.25, 0.3) is 5.91 Å². The van der Waals surface area contributed by atoms with Crippen LogP contribution in [0.1, 0.15) is 22.5 Å². The Morgan fingerprint density at radius 2 is 1.88 bits per heavy atom. The SMILES string of the molecule is COc1ccc(CCNC(=O)CC2CN(C(=O)c3ccccn3)CCN2c2ccnc(-n3ccnc3)n2)cc1OC. The van der Waals surface area contributed by atoms with Crippen LogP contribution in [-0.2, 0) is 11.2 Å². The van der Waals surface area contributed by atoms with Gasteiger partial charge in [-0.2, -0.15) is 4.98 Å². The molecule has 0 spiro atoms. The van der Waals surface area contributed by atoms with Gasteiger partial charge < -0.3 is 24.6 Å². The molecule has 1 N–H and O–H groups in total. The fraction of sp³-hybridized carbons (Fsp3) is 0.310. The second kappa shape index (κ2) is 12.9. The average Bonchev–Trinajstić information content (AvgIpc) is 3.56. The molecule has 1 unspecified atom stereocenters. The Bertz CT molecular complexity index is 1460. The third-order valence-electron chi connectivity index (χ3n) is 6.92. The van der Waals surface area contributed by atoms with E-state index in [2.05, 4.69) is 25.2 Å². The predicted molar refractivity (Wildman–Crippen MR) is 151 cm³/mol. The number of anilines is 1. The number of pyridine rings is 1. The summed E-state index contributed by atoms with van der Waals surface area (Å²) < 4.78 is 12.4. The van der Waals surface area contributed by atoms with Crippen molar-refractivity contribution >= 4 is 17.6 Å². The zero-order chi connectivity index (χ0) is 28.6. The Hall–Kier alpha value is -5.00. The van der Waals surface area contributed by atoms with Crippen molar-refractivity contribution in [3.05, 3.63) is 84.8 Å². The van der Waals surface area contributed by atoms with Gasteiger partial charge in [-0.25, -0.2) is 9.97 Å². The number of aromatic nitrogens is 5. The van der Waals surface area contributed by atoms with Crippen LogP contribution in [0.4, 0.5) is 5.82 Å². The second-order valence-corrected chi connectivity index (χ2v) is 9.49. The van der Waals surface area contributed by atoms with Crippen LogP contribution in [0.15, 0.2) is 73.6 Å². The van der Waals surface area contributed by atoms with Gasteiger partial charge in [-0.15, -0.1) is 0 Å². The number of hydrogen-bond acceptors (Lipinski definition) is 9. The number of carbonyl (C=O) groups excluding carboxylic acids is 2. The molecule has 5 rings (SSSR count). The maximum atomic E-state index is 13.2. The number of nitrogens with zero attached hydrogens (tertiary/aromatic N) is 7. The van der Waals surface area contributed by atoms with E-state index in [0.29, 0.717) is 61.6 Å². The van der Waals surface area contributed by atoms with Gasteiger partial charge in [0.2, 0.25) is 11.9 Å². The summed E-state index contributed by atoms with van der Waals surface area (Å²) in [5.41, 5.74) is 1.39. The standard InChI is InChI=1S/C29H32N8O4/c1-40-24-7-6-21(17-25(24)41-2)8-11-32-27(38)18-22-19-35(28(39)23-5-3-4-10-31-23)15-16-37(22)26-9-12-33-29(34-26)36-14-13-30-20-36/h3-7,9-10,12-14,17,20,22H,8,11,15-16,18-19H2,1-2H3,(H,32,38). The molecule has 1 atom stereocenters. The zero-order valence-electron chi connectivity index (χ0n) is 23.0. The van der Waals surface area contributed by atoms with Crippen molar-refractivity contribution in [1.29, 1.82) is 0 Å². The molecular weight excluding hydrogens is 524 g/mol. The number of ether oxygens (including phenoxy) is 2. The Kier molecular flexibility index (Phi) is 8.67. The fourth-order valence-corrected chi connectivity index (χ4v) is 4.84. The van der Waals surface area contributed by atoms with Crippen molar-refractivity contribution in [2.45, 2.75) is 18.9 Å². The summed E-state index contributed by atoms with van der Waals surface area (Å²) in [5.74, 6) is 2.18. The third kappa shape index (κ3) is 6.60. The lowest BCUT2D eigenvalue weighted by Crippen LogP contribution is -2.56. The molecule has 12 nitrogen and oxygen atoms in total. The molecular formula is C29H32N8O4. The first kappa shape index (κ1) is 27.6. The first-order valence-corrected chi connectivity index (χ1v) is 13.3. The molecule has 0 aliphatic carbocycles. The van der Waals surface area contributed by atoms with Gasteiger partial charge in [-0.3, -0.25) is 19.1 Å². The summed E-state index contributed by atoms with van der Waals surface area (Å²) in [6.45, 7) is 1.78. The minimum Gasteiger partial charge on any atom is -0.493 e. The molecule has 212 valence electrons. The van der Waals surface area contributed by atoms with Gasteiger partial charge in [-0.05, 0) is 42.3 Å². The molecule has 0 bridgehead atoms. The van der Waals surface area contributed by atoms with Crippen molar-refractivity contribution in [2.75, 3.05) is 45.3 Å². The lowest BCUT2D eigenvalue weighted by molar-refractivity contribution is -0.121. The molecule has 2 amide bonds. The molecule has 1 fully saturated rings. The molecule has 4 heterocycles. The number of piperazine rings is 1. The average molecular weight is 557 g/mol. The van der Waals surface area contributed by atoms with Crippen LogP contribution in [0, 0.1) is 0 Å². The highest BCUT2D eigenvalue weighted by molar-refractivity contribution is 5.92. The van der Waals surface area contributed by atoms with E-state index < -0.39 is 0 Å². The van der Waals surface area contributed by atoms with Crippen LogP contribution in [0.3, 0.4) is 0 Å².